The minimum absolute atomic E-state index is 0.807. The molecule has 0 aliphatic heterocycles. The van der Waals surface area contributed by atoms with Crippen LogP contribution in [0.1, 0.15) is 25.1 Å². The second-order valence-corrected chi connectivity index (χ2v) is 6.18. The maximum Gasteiger partial charge on any atom is 0.313 e. The number of carboxylic acids is 1. The number of hydrogen-bond acceptors (Lipinski definition) is 1. The Morgan fingerprint density at radius 1 is 1.05 bits per heavy atom. The van der Waals surface area contributed by atoms with Gasteiger partial charge in [-0.2, -0.15) is 0 Å². The van der Waals surface area contributed by atoms with Gasteiger partial charge in [-0.05, 0) is 38.0 Å². The van der Waals surface area contributed by atoms with Crippen LogP contribution in [-0.2, 0) is 10.2 Å². The third kappa shape index (κ3) is 2.19. The van der Waals surface area contributed by atoms with Gasteiger partial charge in [0.2, 0.25) is 0 Å². The normalized spacial score (nSPS) is 11.8. The van der Waals surface area contributed by atoms with E-state index in [1.165, 1.54) is 10.9 Å². The van der Waals surface area contributed by atoms with Crippen LogP contribution in [0, 0.1) is 6.92 Å². The van der Waals surface area contributed by atoms with Crippen molar-refractivity contribution in [3.05, 3.63) is 59.8 Å². The maximum absolute atomic E-state index is 11.4. The molecule has 0 spiro atoms. The fourth-order valence-corrected chi connectivity index (χ4v) is 2.83. The highest BCUT2D eigenvalue weighted by atomic mass is 16.4. The van der Waals surface area contributed by atoms with Crippen LogP contribution in [0.25, 0.3) is 22.0 Å². The lowest BCUT2D eigenvalue weighted by Gasteiger charge is -2.19. The number of carbonyl (C=O) groups is 1. The molecule has 3 heteroatoms. The van der Waals surface area contributed by atoms with Crippen LogP contribution < -0.4 is 0 Å². The highest BCUT2D eigenvalue weighted by Crippen LogP contribution is 2.33. The van der Waals surface area contributed by atoms with Crippen molar-refractivity contribution in [2.45, 2.75) is 26.2 Å². The Balaban J connectivity index is 2.10. The first kappa shape index (κ1) is 14.4. The molecule has 0 saturated carbocycles. The van der Waals surface area contributed by atoms with Crippen molar-refractivity contribution < 1.29 is 9.90 Å². The molecule has 0 aliphatic carbocycles. The van der Waals surface area contributed by atoms with Gasteiger partial charge in [-0.15, -0.1) is 0 Å². The van der Waals surface area contributed by atoms with E-state index in [1.807, 2.05) is 36.4 Å². The molecule has 2 aromatic carbocycles. The lowest BCUT2D eigenvalue weighted by molar-refractivity contribution is -0.142. The largest absolute Gasteiger partial charge is 0.481 e. The summed E-state index contributed by atoms with van der Waals surface area (Å²) < 4.78 is 0. The summed E-state index contributed by atoms with van der Waals surface area (Å²) in [5.74, 6) is -0.816. The summed E-state index contributed by atoms with van der Waals surface area (Å²) in [7, 11) is 0. The monoisotopic (exact) mass is 293 g/mol. The van der Waals surface area contributed by atoms with Gasteiger partial charge >= 0.3 is 5.97 Å². The molecule has 0 aliphatic rings. The van der Waals surface area contributed by atoms with Gasteiger partial charge in [-0.25, -0.2) is 0 Å². The third-order valence-electron chi connectivity index (χ3n) is 4.32. The number of nitrogens with one attached hydrogen (secondary N) is 1. The number of aromatic nitrogens is 1. The van der Waals surface area contributed by atoms with E-state index in [0.717, 1.165) is 22.3 Å². The molecule has 3 aromatic rings. The molecular formula is C19H19NO2. The molecule has 0 radical (unpaired) electrons. The van der Waals surface area contributed by atoms with Crippen molar-refractivity contribution in [3.63, 3.8) is 0 Å². The van der Waals surface area contributed by atoms with Crippen molar-refractivity contribution in [2.24, 2.45) is 0 Å². The number of benzene rings is 2. The Hall–Kier alpha value is -2.55. The van der Waals surface area contributed by atoms with Crippen molar-refractivity contribution >= 4 is 16.9 Å². The zero-order valence-corrected chi connectivity index (χ0v) is 13.0. The quantitative estimate of drug-likeness (QED) is 0.746. The van der Waals surface area contributed by atoms with Crippen LogP contribution in [0.2, 0.25) is 0 Å². The topological polar surface area (TPSA) is 53.1 Å². The number of fused-ring (bicyclic) bond motifs is 1. The summed E-state index contributed by atoms with van der Waals surface area (Å²) >= 11 is 0. The van der Waals surface area contributed by atoms with Crippen molar-refractivity contribution in [1.82, 2.24) is 4.98 Å². The Labute approximate surface area is 129 Å². The number of H-pyrrole nitrogens is 1. The zero-order valence-electron chi connectivity index (χ0n) is 13.0. The number of hydrogen-bond donors (Lipinski definition) is 2. The molecule has 1 aromatic heterocycles. The van der Waals surface area contributed by atoms with E-state index in [4.69, 9.17) is 0 Å². The average molecular weight is 293 g/mol. The molecule has 112 valence electrons. The maximum atomic E-state index is 11.4. The van der Waals surface area contributed by atoms with E-state index >= 15 is 0 Å². The Bertz CT molecular complexity index is 842. The van der Waals surface area contributed by atoms with E-state index in [0.29, 0.717) is 0 Å². The molecule has 2 N–H and O–H groups in total. The molecular weight excluding hydrogens is 274 g/mol. The summed E-state index contributed by atoms with van der Waals surface area (Å²) in [4.78, 5) is 14.8. The van der Waals surface area contributed by atoms with Gasteiger partial charge < -0.3 is 10.1 Å². The van der Waals surface area contributed by atoms with Gasteiger partial charge in [0, 0.05) is 22.2 Å². The minimum atomic E-state index is -0.881. The SMILES string of the molecule is Cc1[nH]c2ccccc2c1-c1ccc(C(C)(C)C(=O)O)cc1. The van der Waals surface area contributed by atoms with Crippen LogP contribution >= 0.6 is 0 Å². The number of carboxylic acid groups (broad SMARTS) is 1. The highest BCUT2D eigenvalue weighted by molar-refractivity contribution is 5.97. The minimum Gasteiger partial charge on any atom is -0.481 e. The van der Waals surface area contributed by atoms with Crippen molar-refractivity contribution in [3.8, 4) is 11.1 Å². The lowest BCUT2D eigenvalue weighted by Crippen LogP contribution is -2.28. The number of aromatic amines is 1. The lowest BCUT2D eigenvalue weighted by atomic mass is 9.84. The summed E-state index contributed by atoms with van der Waals surface area (Å²) in [5, 5.41) is 10.5. The number of aryl methyl sites for hydroxylation is 1. The fraction of sp³-hybridized carbons (Fsp3) is 0.211. The Morgan fingerprint density at radius 3 is 2.32 bits per heavy atom. The van der Waals surface area contributed by atoms with E-state index in [2.05, 4.69) is 24.0 Å². The van der Waals surface area contributed by atoms with Gasteiger partial charge in [0.15, 0.2) is 0 Å². The Morgan fingerprint density at radius 2 is 1.68 bits per heavy atom. The zero-order chi connectivity index (χ0) is 15.9. The first-order valence-electron chi connectivity index (χ1n) is 7.33. The standard InChI is InChI=1S/C19H19NO2/c1-12-17(15-6-4-5-7-16(15)20-12)13-8-10-14(11-9-13)19(2,3)18(21)22/h4-11,20H,1-3H3,(H,21,22). The van der Waals surface area contributed by atoms with Crippen LogP contribution in [0.5, 0.6) is 0 Å². The first-order chi connectivity index (χ1) is 10.4. The molecule has 0 bridgehead atoms. The molecule has 0 saturated heterocycles. The van der Waals surface area contributed by atoms with Gasteiger partial charge in [-0.1, -0.05) is 42.5 Å². The average Bonchev–Trinajstić information content (AvgIpc) is 2.83. The van der Waals surface area contributed by atoms with Crippen LogP contribution in [0.3, 0.4) is 0 Å². The predicted octanol–water partition coefficient (Wildman–Crippen LogP) is 4.51. The fourth-order valence-electron chi connectivity index (χ4n) is 2.83. The van der Waals surface area contributed by atoms with Crippen LogP contribution in [-0.4, -0.2) is 16.1 Å². The molecule has 0 atom stereocenters. The molecule has 0 fully saturated rings. The van der Waals surface area contributed by atoms with E-state index in [-0.39, 0.29) is 0 Å². The Kier molecular flexibility index (Phi) is 3.28. The molecule has 0 amide bonds. The van der Waals surface area contributed by atoms with Crippen LogP contribution in [0.15, 0.2) is 48.5 Å². The first-order valence-corrected chi connectivity index (χ1v) is 7.33. The van der Waals surface area contributed by atoms with Gasteiger partial charge in [0.05, 0.1) is 5.41 Å². The van der Waals surface area contributed by atoms with Crippen LogP contribution in [0.4, 0.5) is 0 Å². The van der Waals surface area contributed by atoms with E-state index < -0.39 is 11.4 Å². The van der Waals surface area contributed by atoms with E-state index in [1.54, 1.807) is 13.8 Å². The van der Waals surface area contributed by atoms with Gasteiger partial charge in [0.1, 0.15) is 0 Å². The second kappa shape index (κ2) is 5.02. The summed E-state index contributed by atoms with van der Waals surface area (Å²) in [5.41, 5.74) is 4.43. The number of aliphatic carboxylic acids is 1. The summed E-state index contributed by atoms with van der Waals surface area (Å²) in [6.07, 6.45) is 0. The number of rotatable bonds is 3. The molecule has 0 unspecified atom stereocenters. The van der Waals surface area contributed by atoms with Crippen molar-refractivity contribution in [2.75, 3.05) is 0 Å². The molecule has 1 heterocycles. The van der Waals surface area contributed by atoms with Gasteiger partial charge in [0.25, 0.3) is 0 Å². The van der Waals surface area contributed by atoms with E-state index in [9.17, 15) is 9.90 Å². The summed E-state index contributed by atoms with van der Waals surface area (Å²) in [6.45, 7) is 5.51. The molecule has 3 rings (SSSR count). The van der Waals surface area contributed by atoms with Gasteiger partial charge in [-0.3, -0.25) is 4.79 Å². The third-order valence-corrected chi connectivity index (χ3v) is 4.32. The molecule has 3 nitrogen and oxygen atoms in total. The van der Waals surface area contributed by atoms with Crippen molar-refractivity contribution in [1.29, 1.82) is 0 Å². The summed E-state index contributed by atoms with van der Waals surface area (Å²) in [6, 6.07) is 16.0. The number of para-hydroxylation sites is 1. The second-order valence-electron chi connectivity index (χ2n) is 6.18. The smallest absolute Gasteiger partial charge is 0.313 e. The highest BCUT2D eigenvalue weighted by Gasteiger charge is 2.29. The predicted molar refractivity (Wildman–Crippen MR) is 89.1 cm³/mol. The molecule has 22 heavy (non-hydrogen) atoms.